The largest absolute Gasteiger partial charge is 0.507 e. The molecule has 3 aromatic rings. The summed E-state index contributed by atoms with van der Waals surface area (Å²) in [7, 11) is 0. The van der Waals surface area contributed by atoms with Gasteiger partial charge in [-0.2, -0.15) is 0 Å². The van der Waals surface area contributed by atoms with Crippen molar-refractivity contribution < 1.29 is 9.84 Å². The highest BCUT2D eigenvalue weighted by atomic mass is 32.1. The first-order valence-electron chi connectivity index (χ1n) is 7.77. The fourth-order valence-electron chi connectivity index (χ4n) is 2.86. The monoisotopic (exact) mass is 326 g/mol. The van der Waals surface area contributed by atoms with E-state index >= 15 is 0 Å². The Morgan fingerprint density at radius 1 is 1.13 bits per heavy atom. The van der Waals surface area contributed by atoms with Gasteiger partial charge in [0.15, 0.2) is 0 Å². The summed E-state index contributed by atoms with van der Waals surface area (Å²) in [5.41, 5.74) is 2.99. The molecule has 2 heterocycles. The zero-order valence-corrected chi connectivity index (χ0v) is 13.6. The van der Waals surface area contributed by atoms with Crippen LogP contribution in [-0.2, 0) is 11.3 Å². The molecule has 0 spiro atoms. The van der Waals surface area contributed by atoms with Crippen LogP contribution in [0.4, 0.5) is 0 Å². The molecule has 23 heavy (non-hydrogen) atoms. The number of ether oxygens (including phenoxy) is 1. The molecule has 1 fully saturated rings. The lowest BCUT2D eigenvalue weighted by molar-refractivity contribution is 0.0342. The molecular formula is C18H18N2O2S. The van der Waals surface area contributed by atoms with Crippen molar-refractivity contribution in [2.75, 3.05) is 26.3 Å². The van der Waals surface area contributed by atoms with Crippen LogP contribution < -0.4 is 0 Å². The van der Waals surface area contributed by atoms with E-state index in [4.69, 9.17) is 4.74 Å². The second-order valence-electron chi connectivity index (χ2n) is 5.73. The Kier molecular flexibility index (Phi) is 3.99. The molecule has 0 bridgehead atoms. The number of benzene rings is 2. The van der Waals surface area contributed by atoms with Gasteiger partial charge < -0.3 is 9.84 Å². The van der Waals surface area contributed by atoms with E-state index in [1.807, 2.05) is 24.3 Å². The molecule has 0 aliphatic carbocycles. The number of thiazole rings is 1. The molecule has 5 heteroatoms. The predicted octanol–water partition coefficient (Wildman–Crippen LogP) is 3.50. The number of hydrogen-bond donors (Lipinski definition) is 1. The average molecular weight is 326 g/mol. The number of aromatic nitrogens is 1. The summed E-state index contributed by atoms with van der Waals surface area (Å²) in [6, 6.07) is 13.9. The van der Waals surface area contributed by atoms with Gasteiger partial charge >= 0.3 is 0 Å². The fraction of sp³-hybridized carbons (Fsp3) is 0.278. The number of hydrogen-bond acceptors (Lipinski definition) is 5. The van der Waals surface area contributed by atoms with E-state index in [2.05, 4.69) is 22.0 Å². The Hall–Kier alpha value is -1.95. The van der Waals surface area contributed by atoms with Crippen molar-refractivity contribution in [1.82, 2.24) is 9.88 Å². The number of para-hydroxylation sites is 1. The van der Waals surface area contributed by atoms with Gasteiger partial charge in [0.05, 0.1) is 29.0 Å². The first-order valence-corrected chi connectivity index (χ1v) is 8.59. The fourth-order valence-corrected chi connectivity index (χ4v) is 3.85. The van der Waals surface area contributed by atoms with Crippen molar-refractivity contribution in [3.8, 4) is 16.3 Å². The molecule has 2 aromatic carbocycles. The Labute approximate surface area is 139 Å². The number of phenols is 1. The summed E-state index contributed by atoms with van der Waals surface area (Å²) in [4.78, 5) is 7.03. The molecule has 1 aliphatic rings. The molecule has 1 aromatic heterocycles. The third-order valence-corrected chi connectivity index (χ3v) is 5.16. The van der Waals surface area contributed by atoms with Gasteiger partial charge in [0.2, 0.25) is 0 Å². The topological polar surface area (TPSA) is 45.6 Å². The van der Waals surface area contributed by atoms with E-state index in [1.54, 1.807) is 17.4 Å². The van der Waals surface area contributed by atoms with E-state index in [0.29, 0.717) is 0 Å². The SMILES string of the molecule is Oc1ccc(CN2CCOCC2)cc1-c1nc2ccccc2s1. The Morgan fingerprint density at radius 3 is 2.78 bits per heavy atom. The number of aromatic hydroxyl groups is 1. The molecule has 118 valence electrons. The van der Waals surface area contributed by atoms with Crippen molar-refractivity contribution in [3.63, 3.8) is 0 Å². The molecule has 0 atom stereocenters. The second-order valence-corrected chi connectivity index (χ2v) is 6.76. The maximum absolute atomic E-state index is 10.3. The van der Waals surface area contributed by atoms with E-state index < -0.39 is 0 Å². The minimum Gasteiger partial charge on any atom is -0.507 e. The zero-order chi connectivity index (χ0) is 15.6. The molecule has 1 saturated heterocycles. The van der Waals surface area contributed by atoms with Crippen molar-refractivity contribution in [3.05, 3.63) is 48.0 Å². The summed E-state index contributed by atoms with van der Waals surface area (Å²) < 4.78 is 6.53. The molecule has 4 rings (SSSR count). The minimum absolute atomic E-state index is 0.287. The van der Waals surface area contributed by atoms with E-state index in [0.717, 1.165) is 53.6 Å². The summed E-state index contributed by atoms with van der Waals surface area (Å²) in [6.45, 7) is 4.38. The molecule has 1 N–H and O–H groups in total. The van der Waals surface area contributed by atoms with E-state index in [1.165, 1.54) is 5.56 Å². The number of fused-ring (bicyclic) bond motifs is 1. The van der Waals surface area contributed by atoms with E-state index in [9.17, 15) is 5.11 Å². The van der Waals surface area contributed by atoms with Gasteiger partial charge in [0.25, 0.3) is 0 Å². The quantitative estimate of drug-likeness (QED) is 0.800. The lowest BCUT2D eigenvalue weighted by Crippen LogP contribution is -2.35. The Morgan fingerprint density at radius 2 is 1.96 bits per heavy atom. The Bertz CT molecular complexity index is 792. The Balaban J connectivity index is 1.65. The lowest BCUT2D eigenvalue weighted by atomic mass is 10.1. The summed E-state index contributed by atoms with van der Waals surface area (Å²) in [6.07, 6.45) is 0. The van der Waals surface area contributed by atoms with Gasteiger partial charge in [0, 0.05) is 19.6 Å². The van der Waals surface area contributed by atoms with Crippen LogP contribution >= 0.6 is 11.3 Å². The molecule has 0 saturated carbocycles. The average Bonchev–Trinajstić information content (AvgIpc) is 3.01. The molecule has 0 amide bonds. The molecular weight excluding hydrogens is 308 g/mol. The highest BCUT2D eigenvalue weighted by molar-refractivity contribution is 7.21. The van der Waals surface area contributed by atoms with Gasteiger partial charge in [-0.25, -0.2) is 4.98 Å². The van der Waals surface area contributed by atoms with Gasteiger partial charge in [-0.1, -0.05) is 18.2 Å². The number of morpholine rings is 1. The van der Waals surface area contributed by atoms with Crippen molar-refractivity contribution in [2.45, 2.75) is 6.54 Å². The van der Waals surface area contributed by atoms with Crippen LogP contribution in [0.3, 0.4) is 0 Å². The van der Waals surface area contributed by atoms with Crippen LogP contribution in [0.15, 0.2) is 42.5 Å². The van der Waals surface area contributed by atoms with Crippen LogP contribution in [0, 0.1) is 0 Å². The standard InChI is InChI=1S/C18H18N2O2S/c21-16-6-5-13(12-20-7-9-22-10-8-20)11-14(16)18-19-15-3-1-2-4-17(15)23-18/h1-6,11,21H,7-10,12H2. The van der Waals surface area contributed by atoms with Gasteiger partial charge in [-0.15, -0.1) is 11.3 Å². The van der Waals surface area contributed by atoms with Crippen LogP contribution in [0.25, 0.3) is 20.8 Å². The third kappa shape index (κ3) is 3.08. The van der Waals surface area contributed by atoms with Crippen LogP contribution in [0.2, 0.25) is 0 Å². The first-order chi connectivity index (χ1) is 11.3. The molecule has 1 aliphatic heterocycles. The zero-order valence-electron chi connectivity index (χ0n) is 12.7. The normalized spacial score (nSPS) is 16.0. The molecule has 0 radical (unpaired) electrons. The molecule has 0 unspecified atom stereocenters. The maximum atomic E-state index is 10.3. The number of rotatable bonds is 3. The minimum atomic E-state index is 0.287. The maximum Gasteiger partial charge on any atom is 0.128 e. The van der Waals surface area contributed by atoms with E-state index in [-0.39, 0.29) is 5.75 Å². The first kappa shape index (κ1) is 14.6. The van der Waals surface area contributed by atoms with Crippen molar-refractivity contribution in [2.24, 2.45) is 0 Å². The highest BCUT2D eigenvalue weighted by Gasteiger charge is 2.14. The van der Waals surface area contributed by atoms with Gasteiger partial charge in [-0.05, 0) is 29.8 Å². The summed E-state index contributed by atoms with van der Waals surface area (Å²) in [5, 5.41) is 11.1. The number of nitrogens with zero attached hydrogens (tertiary/aromatic N) is 2. The lowest BCUT2D eigenvalue weighted by Gasteiger charge is -2.26. The third-order valence-electron chi connectivity index (χ3n) is 4.10. The highest BCUT2D eigenvalue weighted by Crippen LogP contribution is 2.35. The summed E-state index contributed by atoms with van der Waals surface area (Å²) in [5.74, 6) is 0.287. The molecule has 4 nitrogen and oxygen atoms in total. The predicted molar refractivity (Wildman–Crippen MR) is 92.8 cm³/mol. The van der Waals surface area contributed by atoms with Gasteiger partial charge in [-0.3, -0.25) is 4.90 Å². The summed E-state index contributed by atoms with van der Waals surface area (Å²) >= 11 is 1.61. The van der Waals surface area contributed by atoms with Crippen molar-refractivity contribution in [1.29, 1.82) is 0 Å². The van der Waals surface area contributed by atoms with Gasteiger partial charge in [0.1, 0.15) is 10.8 Å². The number of phenolic OH excluding ortho intramolecular Hbond substituents is 1. The smallest absolute Gasteiger partial charge is 0.128 e. The van der Waals surface area contributed by atoms with Crippen molar-refractivity contribution >= 4 is 21.6 Å². The van der Waals surface area contributed by atoms with Crippen LogP contribution in [0.5, 0.6) is 5.75 Å². The van der Waals surface area contributed by atoms with Crippen LogP contribution in [0.1, 0.15) is 5.56 Å². The van der Waals surface area contributed by atoms with Crippen LogP contribution in [-0.4, -0.2) is 41.3 Å². The second kappa shape index (κ2) is 6.28.